The maximum atomic E-state index is 12.7. The van der Waals surface area contributed by atoms with Gasteiger partial charge in [0.2, 0.25) is 27.0 Å². The van der Waals surface area contributed by atoms with Gasteiger partial charge in [-0.2, -0.15) is 53.7 Å². The summed E-state index contributed by atoms with van der Waals surface area (Å²) in [5.74, 6) is -3.67. The average Bonchev–Trinajstić information content (AvgIpc) is 2.45. The van der Waals surface area contributed by atoms with Gasteiger partial charge in [0, 0.05) is 23.5 Å². The summed E-state index contributed by atoms with van der Waals surface area (Å²) in [6, 6.07) is 15.2. The molecule has 7 aromatic rings. The molecule has 0 spiro atoms. The van der Waals surface area contributed by atoms with E-state index >= 15 is 0 Å². The van der Waals surface area contributed by atoms with Crippen molar-refractivity contribution in [2.24, 2.45) is 20.5 Å². The number of aromatic hydroxyl groups is 2. The van der Waals surface area contributed by atoms with Crippen molar-refractivity contribution in [1.82, 2.24) is 15.0 Å². The molecule has 0 aliphatic heterocycles. The highest BCUT2D eigenvalue weighted by molar-refractivity contribution is 7.92. The van der Waals surface area contributed by atoms with E-state index in [2.05, 4.69) is 63.5 Å². The molecular formula is C45H48Cl2N10O20S6. The number of sulfone groups is 1. The third-order valence-corrected chi connectivity index (χ3v) is 16.4. The van der Waals surface area contributed by atoms with Crippen LogP contribution in [-0.2, 0) is 74.9 Å². The fraction of sp³-hybridized carbons (Fsp3) is 0.178. The second-order valence-corrected chi connectivity index (χ2v) is 24.9. The molecule has 30 nitrogen and oxygen atoms in total. The highest BCUT2D eigenvalue weighted by atomic mass is 35.5. The van der Waals surface area contributed by atoms with Crippen LogP contribution in [0.15, 0.2) is 138 Å². The second-order valence-electron chi connectivity index (χ2n) is 15.8. The fourth-order valence-electron chi connectivity index (χ4n) is 6.97. The molecule has 0 bridgehead atoms. The van der Waals surface area contributed by atoms with E-state index in [0.717, 1.165) is 54.6 Å². The number of phenolic OH excluding ortho intramolecular Hbond substituents is 2. The van der Waals surface area contributed by atoms with Crippen LogP contribution in [0.3, 0.4) is 0 Å². The Morgan fingerprint density at radius 1 is 0.711 bits per heavy atom. The zero-order chi connectivity index (χ0) is 60.0. The summed E-state index contributed by atoms with van der Waals surface area (Å²) in [6.45, 7) is 7.26. The highest BCUT2D eigenvalue weighted by Crippen LogP contribution is 2.46. The van der Waals surface area contributed by atoms with Gasteiger partial charge < -0.3 is 20.4 Å². The number of benzene rings is 6. The molecule has 0 saturated carbocycles. The van der Waals surface area contributed by atoms with Crippen molar-refractivity contribution in [1.29, 1.82) is 0 Å². The van der Waals surface area contributed by atoms with Gasteiger partial charge in [0.1, 0.15) is 32.9 Å². The monoisotopic (exact) mass is 1310 g/mol. The molecular weight excluding hydrogens is 1260 g/mol. The zero-order valence-corrected chi connectivity index (χ0v) is 47.4. The molecule has 83 heavy (non-hydrogen) atoms. The number of nitrogens with one attached hydrogen (secondary N) is 2. The van der Waals surface area contributed by atoms with E-state index in [9.17, 15) is 70.2 Å². The van der Waals surface area contributed by atoms with E-state index in [1.165, 1.54) is 49.2 Å². The summed E-state index contributed by atoms with van der Waals surface area (Å²) in [7, 11) is -23.1. The lowest BCUT2D eigenvalue weighted by Gasteiger charge is -2.19. The fourth-order valence-corrected chi connectivity index (χ4v) is 11.3. The van der Waals surface area contributed by atoms with Gasteiger partial charge in [-0.15, -0.1) is 28.5 Å². The number of hydrogen-bond acceptors (Lipinski definition) is 26. The smallest absolute Gasteiger partial charge is 0.398 e. The van der Waals surface area contributed by atoms with Crippen LogP contribution in [0.5, 0.6) is 11.5 Å². The molecule has 0 aliphatic carbocycles. The van der Waals surface area contributed by atoms with Gasteiger partial charge in [-0.3, -0.25) is 32.7 Å². The maximum absolute atomic E-state index is 12.7. The highest BCUT2D eigenvalue weighted by Gasteiger charge is 2.26. The van der Waals surface area contributed by atoms with Gasteiger partial charge in [-0.1, -0.05) is 26.5 Å². The molecule has 0 amide bonds. The largest absolute Gasteiger partial charge is 0.505 e. The van der Waals surface area contributed by atoms with Crippen molar-refractivity contribution in [3.05, 3.63) is 109 Å². The SMILES string of the molecule is C.C.C=C.Cc1cc2cc(S(=O)(=O)O)cc(Nc3nc(Cl)nc(N(C)c4ccc5c(O)c(N=Nc6ccc(S(=O)(=O)COS(=O)(=O)O)cc6)c(S(=O)(=O)O)cc5c4)n3)c2c(O)c1N=Nc1cc(NOCCS(=O)OCCl)ccc1S(=O)(=O)O. The molecule has 1 unspecified atom stereocenters. The third-order valence-electron chi connectivity index (χ3n) is 10.5. The summed E-state index contributed by atoms with van der Waals surface area (Å²) >= 11 is 9.98. The van der Waals surface area contributed by atoms with Crippen LogP contribution >= 0.6 is 23.2 Å². The van der Waals surface area contributed by atoms with E-state index in [1.54, 1.807) is 0 Å². The van der Waals surface area contributed by atoms with Crippen molar-refractivity contribution >= 4 is 158 Å². The zero-order valence-electron chi connectivity index (χ0n) is 41.0. The molecule has 1 heterocycles. The van der Waals surface area contributed by atoms with Crippen LogP contribution in [0.25, 0.3) is 21.5 Å². The Kier molecular flexibility index (Phi) is 22.8. The number of phenols is 2. The van der Waals surface area contributed by atoms with Crippen molar-refractivity contribution < 1.29 is 87.9 Å². The molecule has 0 radical (unpaired) electrons. The molecule has 448 valence electrons. The first-order valence-corrected chi connectivity index (χ1v) is 31.1. The van der Waals surface area contributed by atoms with Crippen molar-refractivity contribution in [3.8, 4) is 11.5 Å². The molecule has 6 aromatic carbocycles. The van der Waals surface area contributed by atoms with Crippen LogP contribution in [0.2, 0.25) is 5.28 Å². The minimum Gasteiger partial charge on any atom is -0.505 e. The first-order valence-electron chi connectivity index (χ1n) is 21.7. The molecule has 38 heteroatoms. The summed E-state index contributed by atoms with van der Waals surface area (Å²) in [5, 5.41) is 40.7. The average molecular weight is 1310 g/mol. The summed E-state index contributed by atoms with van der Waals surface area (Å²) in [6.07, 6.45) is 0. The molecule has 8 N–H and O–H groups in total. The molecule has 7 rings (SSSR count). The summed E-state index contributed by atoms with van der Waals surface area (Å²) in [4.78, 5) is 16.3. The Balaban J connectivity index is 0.00000366. The summed E-state index contributed by atoms with van der Waals surface area (Å²) < 4.78 is 181. The Morgan fingerprint density at radius 3 is 1.98 bits per heavy atom. The number of aromatic nitrogens is 3. The quantitative estimate of drug-likeness (QED) is 0.00781. The van der Waals surface area contributed by atoms with Crippen LogP contribution in [0.1, 0.15) is 20.4 Å². The number of hydrogen-bond donors (Lipinski definition) is 8. The van der Waals surface area contributed by atoms with Crippen molar-refractivity contribution in [2.75, 3.05) is 47.1 Å². The summed E-state index contributed by atoms with van der Waals surface area (Å²) in [5.41, 5.74) is 0.937. The standard InChI is InChI=1S/C41H36Cl2N10O20S6.C2H4.2CH4/c1-21-13-23-15-28(76(59,60)61)18-31(34(23)38(55)35(21)50-49-30-17-25(5-10-32(30)77(62,63)64)52-71-11-12-74(56)72-19-42)44-40-45-39(43)46-41(47-40)53(2)26-6-9-29-22(14-26)16-33(78(65,66)67)36(37(29)54)51-48-24-3-7-27(8-4-24)75(57,58)20-73-79(68,69)70;1-2;;/h3-10,13-18,52,54-55H,11-12,19-20H2,1-2H3,(H,59,60,61)(H,62,63,64)(H,65,66,67)(H,68,69,70)(H,44,45,46,47);1-2H2;2*1H4. The van der Waals surface area contributed by atoms with Crippen molar-refractivity contribution in [2.45, 2.75) is 41.4 Å². The molecule has 1 aromatic heterocycles. The van der Waals surface area contributed by atoms with E-state index in [1.807, 2.05) is 0 Å². The minimum atomic E-state index is -5.17. The number of alkyl halides is 1. The van der Waals surface area contributed by atoms with Crippen LogP contribution in [-0.4, -0.2) is 121 Å². The van der Waals surface area contributed by atoms with Gasteiger partial charge >= 0.3 is 10.4 Å². The first-order chi connectivity index (χ1) is 37.8. The minimum absolute atomic E-state index is 0. The normalized spacial score (nSPS) is 12.6. The Hall–Kier alpha value is -7.01. The van der Waals surface area contributed by atoms with Gasteiger partial charge in [0.05, 0.1) is 39.2 Å². The topological polar surface area (TPSA) is 452 Å². The van der Waals surface area contributed by atoms with Crippen molar-refractivity contribution in [3.63, 3.8) is 0 Å². The number of azo groups is 2. The van der Waals surface area contributed by atoms with Crippen LogP contribution in [0, 0.1) is 6.92 Å². The predicted molar refractivity (Wildman–Crippen MR) is 307 cm³/mol. The lowest BCUT2D eigenvalue weighted by molar-refractivity contribution is 0.210. The second kappa shape index (κ2) is 27.6. The number of halogens is 2. The number of fused-ring (bicyclic) bond motifs is 2. The third kappa shape index (κ3) is 17.3. The molecule has 1 atom stereocenters. The number of aryl methyl sites for hydroxylation is 1. The lowest BCUT2D eigenvalue weighted by atomic mass is 10.0. The van der Waals surface area contributed by atoms with Crippen LogP contribution in [0.4, 0.5) is 51.7 Å². The first kappa shape index (κ1) is 68.5. The Bertz CT molecular complexity index is 4280. The molecule has 0 aliphatic rings. The maximum Gasteiger partial charge on any atom is 0.398 e. The Morgan fingerprint density at radius 2 is 1.36 bits per heavy atom. The van der Waals surface area contributed by atoms with Gasteiger partial charge in [-0.05, 0) is 120 Å². The van der Waals surface area contributed by atoms with E-state index in [4.69, 9.17) is 36.8 Å². The van der Waals surface area contributed by atoms with E-state index in [0.29, 0.717) is 0 Å². The number of rotatable bonds is 22. The molecule has 0 saturated heterocycles. The van der Waals surface area contributed by atoms with E-state index < -0.39 is 121 Å². The molecule has 0 fully saturated rings. The Labute approximate surface area is 487 Å². The predicted octanol–water partition coefficient (Wildman–Crippen LogP) is 9.48. The number of nitrogens with zero attached hydrogens (tertiary/aromatic N) is 8. The lowest BCUT2D eigenvalue weighted by Crippen LogP contribution is -2.15. The number of anilines is 5. The van der Waals surface area contributed by atoms with Crippen LogP contribution < -0.4 is 15.7 Å². The van der Waals surface area contributed by atoms with E-state index in [-0.39, 0.29) is 94.8 Å². The van der Waals surface area contributed by atoms with Gasteiger partial charge in [0.25, 0.3) is 30.4 Å². The van der Waals surface area contributed by atoms with Gasteiger partial charge in [-0.25, -0.2) is 16.8 Å². The van der Waals surface area contributed by atoms with Gasteiger partial charge in [0.15, 0.2) is 28.5 Å².